The van der Waals surface area contributed by atoms with Crippen LogP contribution in [-0.4, -0.2) is 20.2 Å². The van der Waals surface area contributed by atoms with Gasteiger partial charge in [0.15, 0.2) is 0 Å². The molecule has 0 bridgehead atoms. The third-order valence-corrected chi connectivity index (χ3v) is 5.35. The quantitative estimate of drug-likeness (QED) is 0.199. The summed E-state index contributed by atoms with van der Waals surface area (Å²) < 4.78 is 34.6. The average molecular weight is 720 g/mol. The van der Waals surface area contributed by atoms with Crippen LogP contribution in [0.2, 0.25) is 0 Å². The largest absolute Gasteiger partial charge is 2.00 e. The van der Waals surface area contributed by atoms with Crippen LogP contribution in [0.1, 0.15) is 11.4 Å². The molecule has 4 aromatic heterocycles. The molecule has 4 heterocycles. The second-order valence-corrected chi connectivity index (χ2v) is 8.18. The molecule has 0 aliphatic rings. The Balaban J connectivity index is 0.000000226. The maximum absolute atomic E-state index is 11.5. The van der Waals surface area contributed by atoms with Crippen LogP contribution in [0.25, 0.3) is 33.6 Å². The van der Waals surface area contributed by atoms with Gasteiger partial charge in [0.25, 0.3) is 0 Å². The van der Waals surface area contributed by atoms with E-state index in [2.05, 4.69) is 66.8 Å². The average Bonchev–Trinajstić information content (AvgIpc) is 3.70. The first-order valence-electron chi connectivity index (χ1n) is 11.9. The molecule has 0 fully saturated rings. The van der Waals surface area contributed by atoms with E-state index in [1.807, 2.05) is 73.9 Å². The van der Waals surface area contributed by atoms with Crippen molar-refractivity contribution in [1.82, 2.24) is 30.4 Å². The van der Waals surface area contributed by atoms with Crippen LogP contribution in [0, 0.1) is 6.92 Å². The Labute approximate surface area is 244 Å². The summed E-state index contributed by atoms with van der Waals surface area (Å²) in [7, 11) is 0. The minimum absolute atomic E-state index is 0. The molecular formula is C30H23F3N6Pt. The van der Waals surface area contributed by atoms with E-state index >= 15 is 0 Å². The monoisotopic (exact) mass is 719 g/mol. The van der Waals surface area contributed by atoms with Gasteiger partial charge in [-0.15, -0.1) is 0 Å². The normalized spacial score (nSPS) is 10.3. The Bertz CT molecular complexity index is 1460. The summed E-state index contributed by atoms with van der Waals surface area (Å²) in [5.74, 6) is 0. The second-order valence-electron chi connectivity index (χ2n) is 8.18. The van der Waals surface area contributed by atoms with Crippen molar-refractivity contribution < 1.29 is 34.2 Å². The number of benzene rings is 2. The van der Waals surface area contributed by atoms with E-state index in [0.29, 0.717) is 0 Å². The molecule has 0 atom stereocenters. The van der Waals surface area contributed by atoms with E-state index in [9.17, 15) is 13.2 Å². The number of nitrogens with zero attached hydrogens (tertiary/aromatic N) is 6. The number of halogens is 3. The van der Waals surface area contributed by atoms with Gasteiger partial charge in [0.1, 0.15) is 5.69 Å². The van der Waals surface area contributed by atoms with Gasteiger partial charge < -0.3 is 20.4 Å². The van der Waals surface area contributed by atoms with E-state index in [0.717, 1.165) is 40.5 Å². The fraction of sp³-hybridized carbons (Fsp3) is 0.0667. The van der Waals surface area contributed by atoms with E-state index < -0.39 is 11.9 Å². The van der Waals surface area contributed by atoms with Crippen molar-refractivity contribution in [3.63, 3.8) is 0 Å². The first-order valence-corrected chi connectivity index (χ1v) is 11.9. The standard InChI is InChI=1S/C22H16N2.C4H2F3N2.C4H5N2.Pt/c1-3-7-17(8-4-1)19-11-13-23-21(15-19)22-16-20(12-14-24-22)18-9-5-2-6-10-18;5-4(6,7)3-1-2-8-9-3;1-4-2-3-5-6-4;/h1-16H;1-2H;2-3H,1H3;/q;2*-1;+2. The van der Waals surface area contributed by atoms with Crippen molar-refractivity contribution in [3.8, 4) is 33.6 Å². The second kappa shape index (κ2) is 14.7. The number of hydrogen-bond donors (Lipinski definition) is 0. The minimum Gasteiger partial charge on any atom is -0.582 e. The number of alkyl halides is 3. The minimum atomic E-state index is -4.35. The number of aromatic nitrogens is 6. The van der Waals surface area contributed by atoms with Gasteiger partial charge in [0, 0.05) is 18.1 Å². The summed E-state index contributed by atoms with van der Waals surface area (Å²) in [6.45, 7) is 1.91. The molecule has 0 unspecified atom stereocenters. The molecule has 2 aromatic carbocycles. The van der Waals surface area contributed by atoms with Crippen molar-refractivity contribution in [2.45, 2.75) is 13.1 Å². The Morgan fingerprint density at radius 2 is 1.05 bits per heavy atom. The van der Waals surface area contributed by atoms with Crippen molar-refractivity contribution in [2.75, 3.05) is 0 Å². The number of pyridine rings is 2. The SMILES string of the molecule is Cc1cc[n-]n1.FC(F)(F)c1cc[n-]n1.[Pt+2].c1ccc(-c2ccnc(-c3cc(-c4ccccc4)ccn3)c2)cc1. The van der Waals surface area contributed by atoms with E-state index in [-0.39, 0.29) is 21.1 Å². The Morgan fingerprint density at radius 1 is 0.575 bits per heavy atom. The predicted octanol–water partition coefficient (Wildman–Crippen LogP) is 6.88. The zero-order chi connectivity index (χ0) is 27.5. The molecule has 0 amide bonds. The van der Waals surface area contributed by atoms with Gasteiger partial charge in [-0.05, 0) is 53.4 Å². The topological polar surface area (TPSA) is 79.8 Å². The summed E-state index contributed by atoms with van der Waals surface area (Å²) in [5.41, 5.74) is 6.46. The molecule has 0 saturated carbocycles. The molecule has 6 aromatic rings. The van der Waals surface area contributed by atoms with Gasteiger partial charge in [-0.2, -0.15) is 25.6 Å². The number of aryl methyl sites for hydroxylation is 1. The van der Waals surface area contributed by atoms with Gasteiger partial charge in [0.05, 0.1) is 11.4 Å². The van der Waals surface area contributed by atoms with Gasteiger partial charge in [0.2, 0.25) is 0 Å². The summed E-state index contributed by atoms with van der Waals surface area (Å²) in [6, 6.07) is 31.6. The smallest absolute Gasteiger partial charge is 0.582 e. The first-order chi connectivity index (χ1) is 18.9. The summed E-state index contributed by atoms with van der Waals surface area (Å²) in [6.07, 6.45) is 2.01. The zero-order valence-corrected chi connectivity index (χ0v) is 23.5. The molecule has 0 spiro atoms. The molecule has 0 saturated heterocycles. The molecule has 0 aliphatic heterocycles. The van der Waals surface area contributed by atoms with Crippen molar-refractivity contribution in [2.24, 2.45) is 0 Å². The van der Waals surface area contributed by atoms with Gasteiger partial charge in [-0.25, -0.2) is 0 Å². The molecular weight excluding hydrogens is 696 g/mol. The number of rotatable bonds is 3. The maximum atomic E-state index is 11.5. The fourth-order valence-electron chi connectivity index (χ4n) is 3.44. The van der Waals surface area contributed by atoms with E-state index in [1.54, 1.807) is 6.20 Å². The molecule has 6 nitrogen and oxygen atoms in total. The summed E-state index contributed by atoms with van der Waals surface area (Å²) in [4.78, 5) is 9.01. The van der Waals surface area contributed by atoms with Crippen LogP contribution in [0.3, 0.4) is 0 Å². The van der Waals surface area contributed by atoms with Crippen LogP contribution < -0.4 is 10.2 Å². The summed E-state index contributed by atoms with van der Waals surface area (Å²) in [5, 5.41) is 13.1. The summed E-state index contributed by atoms with van der Waals surface area (Å²) >= 11 is 0. The molecule has 204 valence electrons. The molecule has 0 aliphatic carbocycles. The van der Waals surface area contributed by atoms with Crippen molar-refractivity contribution >= 4 is 0 Å². The molecule has 6 rings (SSSR count). The zero-order valence-electron chi connectivity index (χ0n) is 21.2. The maximum Gasteiger partial charge on any atom is 2.00 e. The number of hydrogen-bond acceptors (Lipinski definition) is 4. The van der Waals surface area contributed by atoms with Crippen molar-refractivity contribution in [1.29, 1.82) is 0 Å². The molecule has 10 heteroatoms. The first kappa shape index (κ1) is 30.2. The van der Waals surface area contributed by atoms with E-state index in [1.165, 1.54) is 11.1 Å². The van der Waals surface area contributed by atoms with Gasteiger partial charge in [-0.3, -0.25) is 9.97 Å². The van der Waals surface area contributed by atoms with Gasteiger partial charge >= 0.3 is 27.2 Å². The predicted molar refractivity (Wildman–Crippen MR) is 143 cm³/mol. The molecule has 0 N–H and O–H groups in total. The molecule has 0 radical (unpaired) electrons. The van der Waals surface area contributed by atoms with Crippen LogP contribution in [0.5, 0.6) is 0 Å². The molecule has 40 heavy (non-hydrogen) atoms. The van der Waals surface area contributed by atoms with Crippen LogP contribution >= 0.6 is 0 Å². The Morgan fingerprint density at radius 3 is 1.38 bits per heavy atom. The van der Waals surface area contributed by atoms with Crippen LogP contribution in [0.15, 0.2) is 122 Å². The van der Waals surface area contributed by atoms with Gasteiger partial charge in [-0.1, -0.05) is 72.8 Å². The third-order valence-electron chi connectivity index (χ3n) is 5.35. The van der Waals surface area contributed by atoms with E-state index in [4.69, 9.17) is 0 Å². The van der Waals surface area contributed by atoms with Crippen molar-refractivity contribution in [3.05, 3.63) is 133 Å². The Kier molecular flexibility index (Phi) is 11.1. The Hall–Kier alpha value is -4.36. The third kappa shape index (κ3) is 8.85. The van der Waals surface area contributed by atoms with Crippen LogP contribution in [0.4, 0.5) is 13.2 Å². The fourth-order valence-corrected chi connectivity index (χ4v) is 3.44. The van der Waals surface area contributed by atoms with Crippen LogP contribution in [-0.2, 0) is 27.2 Å².